The number of unbranched alkanes of at least 4 members (excludes halogenated alkanes) is 2. The van der Waals surface area contributed by atoms with Gasteiger partial charge in [-0.2, -0.15) is 0 Å². The Morgan fingerprint density at radius 1 is 0.824 bits per heavy atom. The van der Waals surface area contributed by atoms with E-state index >= 15 is 0 Å². The van der Waals surface area contributed by atoms with Crippen LogP contribution in [0, 0.1) is 0 Å². The molecule has 1 aromatic heterocycles. The normalized spacial score (nSPS) is 10.9. The zero-order chi connectivity index (χ0) is 23.8. The third-order valence-electron chi connectivity index (χ3n) is 5.64. The lowest BCUT2D eigenvalue weighted by molar-refractivity contribution is 0.270. The fourth-order valence-electron chi connectivity index (χ4n) is 3.91. The second-order valence-electron chi connectivity index (χ2n) is 7.93. The lowest BCUT2D eigenvalue weighted by Gasteiger charge is -2.14. The Labute approximate surface area is 199 Å². The molecule has 6 heteroatoms. The minimum atomic E-state index is -0.0155. The first-order valence-electron chi connectivity index (χ1n) is 11.7. The summed E-state index contributed by atoms with van der Waals surface area (Å²) in [6.07, 6.45) is 2.66. The van der Waals surface area contributed by atoms with E-state index in [0.717, 1.165) is 42.1 Å². The SMILES string of the molecule is CCOc1ccccc1OCCCCCn1c(-c2ccc(OC)cc2)nc2ccccc2c1=O. The van der Waals surface area contributed by atoms with Crippen molar-refractivity contribution in [3.63, 3.8) is 0 Å². The molecule has 0 saturated carbocycles. The van der Waals surface area contributed by atoms with Gasteiger partial charge < -0.3 is 14.2 Å². The van der Waals surface area contributed by atoms with Crippen molar-refractivity contribution < 1.29 is 14.2 Å². The predicted molar refractivity (Wildman–Crippen MR) is 135 cm³/mol. The molecule has 0 aliphatic rings. The third-order valence-corrected chi connectivity index (χ3v) is 5.64. The fraction of sp³-hybridized carbons (Fsp3) is 0.286. The molecule has 0 spiro atoms. The van der Waals surface area contributed by atoms with Crippen LogP contribution >= 0.6 is 0 Å². The van der Waals surface area contributed by atoms with Gasteiger partial charge in [-0.05, 0) is 74.7 Å². The highest BCUT2D eigenvalue weighted by Crippen LogP contribution is 2.26. The molecule has 0 aliphatic carbocycles. The van der Waals surface area contributed by atoms with Gasteiger partial charge in [0.2, 0.25) is 0 Å². The maximum Gasteiger partial charge on any atom is 0.261 e. The average molecular weight is 459 g/mol. The van der Waals surface area contributed by atoms with Crippen molar-refractivity contribution in [2.75, 3.05) is 20.3 Å². The van der Waals surface area contributed by atoms with Crippen LogP contribution in [0.5, 0.6) is 17.2 Å². The number of hydrogen-bond acceptors (Lipinski definition) is 5. The molecule has 0 bridgehead atoms. The van der Waals surface area contributed by atoms with Crippen molar-refractivity contribution in [3.8, 4) is 28.6 Å². The van der Waals surface area contributed by atoms with E-state index < -0.39 is 0 Å². The second kappa shape index (κ2) is 11.4. The monoisotopic (exact) mass is 458 g/mol. The molecule has 0 amide bonds. The Morgan fingerprint density at radius 3 is 2.26 bits per heavy atom. The fourth-order valence-corrected chi connectivity index (χ4v) is 3.91. The van der Waals surface area contributed by atoms with Crippen LogP contribution in [0.25, 0.3) is 22.3 Å². The number of ether oxygens (including phenoxy) is 3. The first-order valence-corrected chi connectivity index (χ1v) is 11.7. The standard InChI is InChI=1S/C28H30N2O4/c1-3-33-25-13-7-8-14-26(25)34-20-10-4-9-19-30-27(21-15-17-22(32-2)18-16-21)29-24-12-6-5-11-23(24)28(30)31/h5-8,11-18H,3-4,9-10,19-20H2,1-2H3. The van der Waals surface area contributed by atoms with E-state index in [4.69, 9.17) is 19.2 Å². The Bertz CT molecular complexity index is 1280. The molecule has 3 aromatic carbocycles. The largest absolute Gasteiger partial charge is 0.497 e. The van der Waals surface area contributed by atoms with Gasteiger partial charge in [-0.15, -0.1) is 0 Å². The lowest BCUT2D eigenvalue weighted by Crippen LogP contribution is -2.23. The van der Waals surface area contributed by atoms with Gasteiger partial charge in [-0.1, -0.05) is 24.3 Å². The van der Waals surface area contributed by atoms with Gasteiger partial charge in [-0.3, -0.25) is 9.36 Å². The summed E-state index contributed by atoms with van der Waals surface area (Å²) in [7, 11) is 1.64. The quantitative estimate of drug-likeness (QED) is 0.269. The molecular weight excluding hydrogens is 428 g/mol. The second-order valence-corrected chi connectivity index (χ2v) is 7.93. The molecule has 0 aliphatic heterocycles. The molecule has 1 heterocycles. The molecule has 34 heavy (non-hydrogen) atoms. The number of methoxy groups -OCH3 is 1. The number of benzene rings is 3. The van der Waals surface area contributed by atoms with Gasteiger partial charge in [0.25, 0.3) is 5.56 Å². The predicted octanol–water partition coefficient (Wildman–Crippen LogP) is 5.72. The van der Waals surface area contributed by atoms with Crippen LogP contribution in [0.15, 0.2) is 77.6 Å². The summed E-state index contributed by atoms with van der Waals surface area (Å²) >= 11 is 0. The Hall–Kier alpha value is -3.80. The summed E-state index contributed by atoms with van der Waals surface area (Å²) in [5.74, 6) is 2.97. The van der Waals surface area contributed by atoms with Crippen LogP contribution in [-0.2, 0) is 6.54 Å². The average Bonchev–Trinajstić information content (AvgIpc) is 2.88. The number of para-hydroxylation sites is 3. The van der Waals surface area contributed by atoms with E-state index in [1.54, 1.807) is 11.7 Å². The molecule has 4 rings (SSSR count). The molecule has 4 aromatic rings. The summed E-state index contributed by atoms with van der Waals surface area (Å²) in [5.41, 5.74) is 1.58. The molecule has 0 saturated heterocycles. The van der Waals surface area contributed by atoms with Gasteiger partial charge in [0.1, 0.15) is 11.6 Å². The van der Waals surface area contributed by atoms with Gasteiger partial charge in [0.15, 0.2) is 11.5 Å². The summed E-state index contributed by atoms with van der Waals surface area (Å²) in [5, 5.41) is 0.635. The van der Waals surface area contributed by atoms with Gasteiger partial charge in [0, 0.05) is 12.1 Å². The maximum atomic E-state index is 13.3. The summed E-state index contributed by atoms with van der Waals surface area (Å²) in [6, 6.07) is 22.9. The first-order chi connectivity index (χ1) is 16.7. The number of aromatic nitrogens is 2. The third kappa shape index (κ3) is 5.39. The van der Waals surface area contributed by atoms with Crippen molar-refractivity contribution in [1.29, 1.82) is 0 Å². The first kappa shape index (κ1) is 23.4. The van der Waals surface area contributed by atoms with E-state index in [2.05, 4.69) is 0 Å². The van der Waals surface area contributed by atoms with E-state index in [0.29, 0.717) is 36.5 Å². The van der Waals surface area contributed by atoms with Crippen LogP contribution in [0.3, 0.4) is 0 Å². The van der Waals surface area contributed by atoms with E-state index in [1.807, 2.05) is 79.7 Å². The Balaban J connectivity index is 1.45. The van der Waals surface area contributed by atoms with E-state index in [-0.39, 0.29) is 5.56 Å². The molecule has 0 fully saturated rings. The molecule has 0 N–H and O–H groups in total. The van der Waals surface area contributed by atoms with Crippen molar-refractivity contribution in [3.05, 3.63) is 83.2 Å². The van der Waals surface area contributed by atoms with Gasteiger partial charge >= 0.3 is 0 Å². The van der Waals surface area contributed by atoms with Crippen LogP contribution in [0.1, 0.15) is 26.2 Å². The van der Waals surface area contributed by atoms with Crippen molar-refractivity contribution in [2.24, 2.45) is 0 Å². The molecule has 0 unspecified atom stereocenters. The Morgan fingerprint density at radius 2 is 1.53 bits per heavy atom. The molecular formula is C28H30N2O4. The molecule has 0 radical (unpaired) electrons. The van der Waals surface area contributed by atoms with Crippen molar-refractivity contribution in [2.45, 2.75) is 32.7 Å². The van der Waals surface area contributed by atoms with Crippen LogP contribution < -0.4 is 19.8 Å². The Kier molecular flexibility index (Phi) is 7.81. The highest BCUT2D eigenvalue weighted by atomic mass is 16.5. The highest BCUT2D eigenvalue weighted by molar-refractivity contribution is 5.79. The van der Waals surface area contributed by atoms with Crippen molar-refractivity contribution in [1.82, 2.24) is 9.55 Å². The number of rotatable bonds is 11. The number of nitrogens with zero attached hydrogens (tertiary/aromatic N) is 2. The molecule has 176 valence electrons. The number of hydrogen-bond donors (Lipinski definition) is 0. The summed E-state index contributed by atoms with van der Waals surface area (Å²) in [6.45, 7) is 3.75. The zero-order valence-electron chi connectivity index (χ0n) is 19.7. The number of fused-ring (bicyclic) bond motifs is 1. The van der Waals surface area contributed by atoms with Crippen LogP contribution in [0.2, 0.25) is 0 Å². The van der Waals surface area contributed by atoms with E-state index in [1.165, 1.54) is 0 Å². The lowest BCUT2D eigenvalue weighted by atomic mass is 10.1. The molecule has 6 nitrogen and oxygen atoms in total. The van der Waals surface area contributed by atoms with Gasteiger partial charge in [0.05, 0.1) is 31.2 Å². The van der Waals surface area contributed by atoms with E-state index in [9.17, 15) is 4.79 Å². The van der Waals surface area contributed by atoms with Crippen LogP contribution in [0.4, 0.5) is 0 Å². The molecule has 0 atom stereocenters. The maximum absolute atomic E-state index is 13.3. The smallest absolute Gasteiger partial charge is 0.261 e. The van der Waals surface area contributed by atoms with Crippen molar-refractivity contribution >= 4 is 10.9 Å². The minimum absolute atomic E-state index is 0.0155. The van der Waals surface area contributed by atoms with Gasteiger partial charge in [-0.25, -0.2) is 4.98 Å². The summed E-state index contributed by atoms with van der Waals surface area (Å²) < 4.78 is 18.6. The zero-order valence-corrected chi connectivity index (χ0v) is 19.7. The van der Waals surface area contributed by atoms with Crippen LogP contribution in [-0.4, -0.2) is 29.9 Å². The topological polar surface area (TPSA) is 62.6 Å². The highest BCUT2D eigenvalue weighted by Gasteiger charge is 2.13. The minimum Gasteiger partial charge on any atom is -0.497 e. The summed E-state index contributed by atoms with van der Waals surface area (Å²) in [4.78, 5) is 18.1.